The highest BCUT2D eigenvalue weighted by molar-refractivity contribution is 6.04. The van der Waals surface area contributed by atoms with Crippen molar-refractivity contribution in [1.29, 1.82) is 0 Å². The largest absolute Gasteiger partial charge is 0.466 e. The zero-order valence-electron chi connectivity index (χ0n) is 14.8. The van der Waals surface area contributed by atoms with Gasteiger partial charge < -0.3 is 15.1 Å². The van der Waals surface area contributed by atoms with E-state index in [-0.39, 0.29) is 17.9 Å². The van der Waals surface area contributed by atoms with E-state index in [1.165, 1.54) is 0 Å². The molecule has 2 amide bonds. The van der Waals surface area contributed by atoms with Crippen molar-refractivity contribution in [1.82, 2.24) is 20.4 Å². The van der Waals surface area contributed by atoms with Gasteiger partial charge in [0, 0.05) is 18.5 Å². The molecule has 1 aliphatic rings. The number of furan rings is 1. The Bertz CT molecular complexity index is 807. The first-order valence-electron chi connectivity index (χ1n) is 8.37. The van der Waals surface area contributed by atoms with Crippen LogP contribution >= 0.6 is 0 Å². The van der Waals surface area contributed by atoms with Crippen molar-refractivity contribution in [3.63, 3.8) is 0 Å². The maximum absolute atomic E-state index is 12.6. The number of amides is 2. The number of hydrogen-bond donors (Lipinski definition) is 3. The van der Waals surface area contributed by atoms with Crippen molar-refractivity contribution in [2.75, 3.05) is 5.32 Å². The summed E-state index contributed by atoms with van der Waals surface area (Å²) in [5.74, 6) is 1.44. The molecule has 1 aliphatic heterocycles. The van der Waals surface area contributed by atoms with Crippen molar-refractivity contribution in [2.45, 2.75) is 52.9 Å². The Labute approximate surface area is 146 Å². The highest BCUT2D eigenvalue weighted by Gasteiger charge is 2.28. The topological polar surface area (TPSA) is 101 Å². The minimum absolute atomic E-state index is 0.0395. The lowest BCUT2D eigenvalue weighted by molar-refractivity contribution is -0.125. The predicted octanol–water partition coefficient (Wildman–Crippen LogP) is 2.00. The van der Waals surface area contributed by atoms with Crippen LogP contribution in [0.3, 0.4) is 0 Å². The standard InChI is InChI=1S/C17H23N5O3/c1-5-12-8-15(23)20-17(18-12)22-14(6-9(2)21-22)19-16(24)13-7-10(3)25-11(13)4/h6-7,12,17-18H,5,8H2,1-4H3,(H,19,24)(H,20,23). The summed E-state index contributed by atoms with van der Waals surface area (Å²) < 4.78 is 7.01. The summed E-state index contributed by atoms with van der Waals surface area (Å²) >= 11 is 0. The molecule has 0 spiro atoms. The van der Waals surface area contributed by atoms with Crippen molar-refractivity contribution >= 4 is 17.6 Å². The summed E-state index contributed by atoms with van der Waals surface area (Å²) in [6.07, 6.45) is 0.768. The average molecular weight is 345 g/mol. The lowest BCUT2D eigenvalue weighted by Crippen LogP contribution is -2.53. The predicted molar refractivity (Wildman–Crippen MR) is 92.1 cm³/mol. The summed E-state index contributed by atoms with van der Waals surface area (Å²) in [4.78, 5) is 24.5. The van der Waals surface area contributed by atoms with Crippen molar-refractivity contribution in [2.24, 2.45) is 0 Å². The van der Waals surface area contributed by atoms with E-state index in [9.17, 15) is 9.59 Å². The molecule has 0 aliphatic carbocycles. The van der Waals surface area contributed by atoms with Gasteiger partial charge in [-0.15, -0.1) is 0 Å². The fourth-order valence-corrected chi connectivity index (χ4v) is 3.00. The molecule has 8 heteroatoms. The number of anilines is 1. The van der Waals surface area contributed by atoms with Crippen LogP contribution in [0.5, 0.6) is 0 Å². The molecule has 0 radical (unpaired) electrons. The molecule has 25 heavy (non-hydrogen) atoms. The van der Waals surface area contributed by atoms with Gasteiger partial charge in [0.2, 0.25) is 5.91 Å². The van der Waals surface area contributed by atoms with Gasteiger partial charge in [0.05, 0.1) is 11.3 Å². The molecule has 2 unspecified atom stereocenters. The highest BCUT2D eigenvalue weighted by atomic mass is 16.3. The second-order valence-corrected chi connectivity index (χ2v) is 6.34. The Kier molecular flexibility index (Phi) is 4.63. The summed E-state index contributed by atoms with van der Waals surface area (Å²) in [5.41, 5.74) is 1.22. The van der Waals surface area contributed by atoms with Gasteiger partial charge in [-0.3, -0.25) is 14.9 Å². The highest BCUT2D eigenvalue weighted by Crippen LogP contribution is 2.20. The van der Waals surface area contributed by atoms with Crippen LogP contribution < -0.4 is 16.0 Å². The smallest absolute Gasteiger partial charge is 0.260 e. The van der Waals surface area contributed by atoms with E-state index in [0.717, 1.165) is 12.1 Å². The Morgan fingerprint density at radius 1 is 1.40 bits per heavy atom. The molecule has 8 nitrogen and oxygen atoms in total. The molecule has 3 N–H and O–H groups in total. The maximum atomic E-state index is 12.6. The molecule has 2 atom stereocenters. The van der Waals surface area contributed by atoms with Crippen LogP contribution in [0.15, 0.2) is 16.5 Å². The van der Waals surface area contributed by atoms with Gasteiger partial charge in [-0.1, -0.05) is 6.92 Å². The molecule has 3 rings (SSSR count). The van der Waals surface area contributed by atoms with Crippen LogP contribution in [-0.2, 0) is 4.79 Å². The molecule has 0 aromatic carbocycles. The first kappa shape index (κ1) is 17.2. The zero-order chi connectivity index (χ0) is 18.1. The number of carbonyl (C=O) groups excluding carboxylic acids is 2. The van der Waals surface area contributed by atoms with Crippen LogP contribution in [0.25, 0.3) is 0 Å². The second kappa shape index (κ2) is 6.72. The number of nitrogens with one attached hydrogen (secondary N) is 3. The van der Waals surface area contributed by atoms with Crippen LogP contribution in [0.2, 0.25) is 0 Å². The van der Waals surface area contributed by atoms with Gasteiger partial charge in [0.15, 0.2) is 6.29 Å². The molecular formula is C17H23N5O3. The van der Waals surface area contributed by atoms with Crippen LogP contribution in [0.4, 0.5) is 5.82 Å². The molecule has 1 saturated heterocycles. The van der Waals surface area contributed by atoms with E-state index in [1.807, 2.05) is 13.8 Å². The number of rotatable bonds is 4. The summed E-state index contributed by atoms with van der Waals surface area (Å²) in [6.45, 7) is 7.40. The third-order valence-corrected chi connectivity index (χ3v) is 4.25. The maximum Gasteiger partial charge on any atom is 0.260 e. The zero-order valence-corrected chi connectivity index (χ0v) is 14.8. The first-order chi connectivity index (χ1) is 11.9. The molecule has 134 valence electrons. The Morgan fingerprint density at radius 3 is 2.80 bits per heavy atom. The SMILES string of the molecule is CCC1CC(=O)NC(n2nc(C)cc2NC(=O)c2cc(C)oc2C)N1. The van der Waals surface area contributed by atoms with Crippen LogP contribution in [-0.4, -0.2) is 27.6 Å². The fraction of sp³-hybridized carbons (Fsp3) is 0.471. The second-order valence-electron chi connectivity index (χ2n) is 6.34. The average Bonchev–Trinajstić information content (AvgIpc) is 3.08. The molecule has 0 saturated carbocycles. The molecule has 1 fully saturated rings. The van der Waals surface area contributed by atoms with Gasteiger partial charge in [0.1, 0.15) is 17.3 Å². The van der Waals surface area contributed by atoms with Crippen molar-refractivity contribution < 1.29 is 14.0 Å². The Hall–Kier alpha value is -2.61. The van der Waals surface area contributed by atoms with Crippen molar-refractivity contribution in [3.05, 3.63) is 34.9 Å². The lowest BCUT2D eigenvalue weighted by Gasteiger charge is -2.31. The van der Waals surface area contributed by atoms with Gasteiger partial charge in [0.25, 0.3) is 5.91 Å². The van der Waals surface area contributed by atoms with E-state index in [2.05, 4.69) is 21.0 Å². The minimum atomic E-state index is -0.498. The normalized spacial score (nSPS) is 20.4. The molecule has 0 bridgehead atoms. The third kappa shape index (κ3) is 3.58. The third-order valence-electron chi connectivity index (χ3n) is 4.25. The Balaban J connectivity index is 1.84. The minimum Gasteiger partial charge on any atom is -0.466 e. The Morgan fingerprint density at radius 2 is 2.16 bits per heavy atom. The van der Waals surface area contributed by atoms with Crippen LogP contribution in [0, 0.1) is 20.8 Å². The van der Waals surface area contributed by atoms with Gasteiger partial charge in [-0.25, -0.2) is 4.68 Å². The number of aryl methyl sites for hydroxylation is 3. The fourth-order valence-electron chi connectivity index (χ4n) is 3.00. The number of aromatic nitrogens is 2. The van der Waals surface area contributed by atoms with E-state index in [0.29, 0.717) is 29.3 Å². The number of nitrogens with zero attached hydrogens (tertiary/aromatic N) is 2. The quantitative estimate of drug-likeness (QED) is 0.787. The monoisotopic (exact) mass is 345 g/mol. The van der Waals surface area contributed by atoms with Crippen LogP contribution in [0.1, 0.15) is 53.6 Å². The molecule has 2 aromatic heterocycles. The molecule has 2 aromatic rings. The number of hydrogen-bond acceptors (Lipinski definition) is 5. The van der Waals surface area contributed by atoms with Gasteiger partial charge in [-0.2, -0.15) is 5.10 Å². The first-order valence-corrected chi connectivity index (χ1v) is 8.37. The molecular weight excluding hydrogens is 322 g/mol. The summed E-state index contributed by atoms with van der Waals surface area (Å²) in [6, 6.07) is 3.54. The van der Waals surface area contributed by atoms with Gasteiger partial charge >= 0.3 is 0 Å². The molecule has 3 heterocycles. The summed E-state index contributed by atoms with van der Waals surface area (Å²) in [5, 5.41) is 13.5. The van der Waals surface area contributed by atoms with E-state index >= 15 is 0 Å². The van der Waals surface area contributed by atoms with E-state index in [1.54, 1.807) is 30.7 Å². The van der Waals surface area contributed by atoms with E-state index in [4.69, 9.17) is 4.42 Å². The number of carbonyl (C=O) groups is 2. The van der Waals surface area contributed by atoms with E-state index < -0.39 is 6.29 Å². The van der Waals surface area contributed by atoms with Crippen molar-refractivity contribution in [3.8, 4) is 0 Å². The summed E-state index contributed by atoms with van der Waals surface area (Å²) in [7, 11) is 0. The van der Waals surface area contributed by atoms with Gasteiger partial charge in [-0.05, 0) is 33.3 Å². The lowest BCUT2D eigenvalue weighted by atomic mass is 10.1.